The summed E-state index contributed by atoms with van der Waals surface area (Å²) in [6, 6.07) is -5.43. The van der Waals surface area contributed by atoms with E-state index in [9.17, 15) is 28.8 Å². The van der Waals surface area contributed by atoms with Gasteiger partial charge in [0.1, 0.15) is 18.1 Å². The van der Waals surface area contributed by atoms with Crippen LogP contribution in [-0.4, -0.2) is 80.9 Å². The second-order valence-corrected chi connectivity index (χ2v) is 6.38. The number of carbonyl (C=O) groups is 6. The van der Waals surface area contributed by atoms with Crippen molar-refractivity contribution in [3.05, 3.63) is 0 Å². The minimum absolute atomic E-state index is 0.167. The molecule has 0 bridgehead atoms. The van der Waals surface area contributed by atoms with Crippen molar-refractivity contribution in [2.45, 2.75) is 50.4 Å². The predicted octanol–water partition coefficient (Wildman–Crippen LogP) is -2.86. The summed E-state index contributed by atoms with van der Waals surface area (Å²) in [5.74, 6) is -7.05. The number of carboxylic acid groups (broad SMARTS) is 3. The molecule has 0 aliphatic carbocycles. The van der Waals surface area contributed by atoms with Crippen LogP contribution in [0.25, 0.3) is 0 Å². The van der Waals surface area contributed by atoms with Crippen molar-refractivity contribution in [2.24, 2.45) is 5.73 Å². The van der Waals surface area contributed by atoms with Gasteiger partial charge in [-0.15, -0.1) is 0 Å². The van der Waals surface area contributed by atoms with Gasteiger partial charge in [0.25, 0.3) is 0 Å². The SMILES string of the molecule is CC(NC(=O)C(N)CCC(=O)O)C(=O)NC(CC(=O)O)C(=O)NC(CS)C(=O)O. The lowest BCUT2D eigenvalue weighted by atomic mass is 10.1. The molecule has 29 heavy (non-hydrogen) atoms. The van der Waals surface area contributed by atoms with Gasteiger partial charge < -0.3 is 37.0 Å². The average molecular weight is 436 g/mol. The van der Waals surface area contributed by atoms with Crippen LogP contribution in [0.4, 0.5) is 0 Å². The van der Waals surface area contributed by atoms with Crippen LogP contribution in [0.5, 0.6) is 0 Å². The van der Waals surface area contributed by atoms with E-state index < -0.39 is 66.2 Å². The highest BCUT2D eigenvalue weighted by Gasteiger charge is 2.29. The number of aliphatic carboxylic acids is 3. The van der Waals surface area contributed by atoms with Crippen LogP contribution in [0.3, 0.4) is 0 Å². The van der Waals surface area contributed by atoms with Gasteiger partial charge in [0.15, 0.2) is 0 Å². The highest BCUT2D eigenvalue weighted by Crippen LogP contribution is 1.99. The molecule has 0 saturated heterocycles. The summed E-state index contributed by atoms with van der Waals surface area (Å²) in [5, 5.41) is 32.8. The third-order valence-corrected chi connectivity index (χ3v) is 3.93. The molecule has 164 valence electrons. The maximum Gasteiger partial charge on any atom is 0.327 e. The van der Waals surface area contributed by atoms with E-state index in [1.165, 1.54) is 6.92 Å². The van der Waals surface area contributed by atoms with Gasteiger partial charge in [-0.2, -0.15) is 12.6 Å². The molecule has 4 unspecified atom stereocenters. The van der Waals surface area contributed by atoms with Crippen molar-refractivity contribution < 1.29 is 44.1 Å². The lowest BCUT2D eigenvalue weighted by Crippen LogP contribution is -2.57. The Morgan fingerprint density at radius 3 is 1.86 bits per heavy atom. The first-order chi connectivity index (χ1) is 13.4. The molecule has 0 saturated carbocycles. The van der Waals surface area contributed by atoms with E-state index in [0.29, 0.717) is 0 Å². The van der Waals surface area contributed by atoms with E-state index >= 15 is 0 Å². The van der Waals surface area contributed by atoms with Gasteiger partial charge >= 0.3 is 17.9 Å². The molecule has 8 N–H and O–H groups in total. The van der Waals surface area contributed by atoms with Crippen molar-refractivity contribution >= 4 is 48.3 Å². The maximum atomic E-state index is 12.2. The molecule has 14 heteroatoms. The van der Waals surface area contributed by atoms with Crippen LogP contribution in [0.15, 0.2) is 0 Å². The smallest absolute Gasteiger partial charge is 0.327 e. The van der Waals surface area contributed by atoms with E-state index in [0.717, 1.165) is 0 Å². The molecule has 4 atom stereocenters. The fourth-order valence-corrected chi connectivity index (χ4v) is 2.18. The summed E-state index contributed by atoms with van der Waals surface area (Å²) < 4.78 is 0. The van der Waals surface area contributed by atoms with Crippen LogP contribution in [0, 0.1) is 0 Å². The molecule has 0 aromatic carbocycles. The Balaban J connectivity index is 4.97. The lowest BCUT2D eigenvalue weighted by molar-refractivity contribution is -0.143. The van der Waals surface area contributed by atoms with E-state index in [4.69, 9.17) is 21.1 Å². The number of hydrogen-bond donors (Lipinski definition) is 8. The number of hydrogen-bond acceptors (Lipinski definition) is 8. The summed E-state index contributed by atoms with van der Waals surface area (Å²) in [6.45, 7) is 1.24. The number of nitrogens with one attached hydrogen (secondary N) is 3. The van der Waals surface area contributed by atoms with Gasteiger partial charge in [-0.05, 0) is 13.3 Å². The van der Waals surface area contributed by atoms with Gasteiger partial charge in [0.2, 0.25) is 17.7 Å². The number of amides is 3. The third kappa shape index (κ3) is 10.3. The summed E-state index contributed by atoms with van der Waals surface area (Å²) in [5.41, 5.74) is 5.52. The number of thiol groups is 1. The first-order valence-corrected chi connectivity index (χ1v) is 8.96. The number of carboxylic acids is 3. The largest absolute Gasteiger partial charge is 0.481 e. The minimum atomic E-state index is -1.61. The van der Waals surface area contributed by atoms with Gasteiger partial charge in [-0.1, -0.05) is 0 Å². The van der Waals surface area contributed by atoms with E-state index in [2.05, 4.69) is 23.3 Å². The molecule has 0 rings (SSSR count). The molecule has 13 nitrogen and oxygen atoms in total. The van der Waals surface area contributed by atoms with Crippen molar-refractivity contribution in [1.29, 1.82) is 0 Å². The zero-order chi connectivity index (χ0) is 22.7. The number of nitrogens with two attached hydrogens (primary N) is 1. The predicted molar refractivity (Wildman–Crippen MR) is 100 cm³/mol. The van der Waals surface area contributed by atoms with Crippen LogP contribution in [0.1, 0.15) is 26.2 Å². The van der Waals surface area contributed by atoms with Gasteiger partial charge in [-0.25, -0.2) is 4.79 Å². The molecule has 0 aromatic rings. The first kappa shape index (κ1) is 26.1. The average Bonchev–Trinajstić information content (AvgIpc) is 2.62. The Hall–Kier alpha value is -2.87. The molecule has 0 radical (unpaired) electrons. The molecule has 0 spiro atoms. The summed E-state index contributed by atoms with van der Waals surface area (Å²) in [4.78, 5) is 68.6. The summed E-state index contributed by atoms with van der Waals surface area (Å²) >= 11 is 3.76. The van der Waals surface area contributed by atoms with E-state index in [-0.39, 0.29) is 18.6 Å². The fraction of sp³-hybridized carbons (Fsp3) is 0.600. The topological polar surface area (TPSA) is 225 Å². The maximum absolute atomic E-state index is 12.2. The van der Waals surface area contributed by atoms with Crippen molar-refractivity contribution in [1.82, 2.24) is 16.0 Å². The molecule has 0 aliphatic rings. The van der Waals surface area contributed by atoms with Crippen molar-refractivity contribution in [3.8, 4) is 0 Å². The molecular weight excluding hydrogens is 412 g/mol. The van der Waals surface area contributed by atoms with Crippen molar-refractivity contribution in [2.75, 3.05) is 5.75 Å². The second-order valence-electron chi connectivity index (χ2n) is 6.01. The summed E-state index contributed by atoms with van der Waals surface area (Å²) in [7, 11) is 0. The monoisotopic (exact) mass is 436 g/mol. The standard InChI is InChI=1S/C15H24N4O9S/c1-6(17-13(25)7(16)2-3-10(20)21)12(24)18-8(4-11(22)23)14(26)19-9(5-29)15(27)28/h6-9,29H,2-5,16H2,1H3,(H,17,25)(H,18,24)(H,19,26)(H,20,21)(H,22,23)(H,27,28). The van der Waals surface area contributed by atoms with E-state index in [1.807, 2.05) is 5.32 Å². The van der Waals surface area contributed by atoms with Crippen molar-refractivity contribution in [3.63, 3.8) is 0 Å². The van der Waals surface area contributed by atoms with Crippen LogP contribution in [0.2, 0.25) is 0 Å². The Kier molecular flexibility index (Phi) is 11.3. The minimum Gasteiger partial charge on any atom is -0.481 e. The molecule has 0 aromatic heterocycles. The molecule has 3 amide bonds. The highest BCUT2D eigenvalue weighted by molar-refractivity contribution is 7.80. The van der Waals surface area contributed by atoms with E-state index in [1.54, 1.807) is 0 Å². The lowest BCUT2D eigenvalue weighted by Gasteiger charge is -2.22. The highest BCUT2D eigenvalue weighted by atomic mass is 32.1. The number of carbonyl (C=O) groups excluding carboxylic acids is 3. The zero-order valence-corrected chi connectivity index (χ0v) is 16.3. The van der Waals surface area contributed by atoms with Crippen LogP contribution >= 0.6 is 12.6 Å². The van der Waals surface area contributed by atoms with Gasteiger partial charge in [-0.3, -0.25) is 24.0 Å². The van der Waals surface area contributed by atoms with Crippen LogP contribution in [-0.2, 0) is 28.8 Å². The Bertz CT molecular complexity index is 658. The quantitative estimate of drug-likeness (QED) is 0.138. The second kappa shape index (κ2) is 12.6. The van der Waals surface area contributed by atoms with Gasteiger partial charge in [0.05, 0.1) is 12.5 Å². The fourth-order valence-electron chi connectivity index (χ4n) is 1.93. The van der Waals surface area contributed by atoms with Gasteiger partial charge in [0, 0.05) is 12.2 Å². The molecular formula is C15H24N4O9S. The third-order valence-electron chi connectivity index (χ3n) is 3.57. The summed E-state index contributed by atoms with van der Waals surface area (Å²) in [6.07, 6.45) is -1.36. The Labute approximate surface area is 170 Å². The Morgan fingerprint density at radius 1 is 0.862 bits per heavy atom. The number of rotatable bonds is 13. The molecule has 0 aliphatic heterocycles. The first-order valence-electron chi connectivity index (χ1n) is 8.33. The van der Waals surface area contributed by atoms with Crippen LogP contribution < -0.4 is 21.7 Å². The molecule has 0 heterocycles. The Morgan fingerprint density at radius 2 is 1.41 bits per heavy atom. The molecule has 0 fully saturated rings. The normalized spacial score (nSPS) is 14.6. The zero-order valence-electron chi connectivity index (χ0n) is 15.5.